The lowest BCUT2D eigenvalue weighted by molar-refractivity contribution is -0.274. The minimum atomic E-state index is -4.87. The Kier molecular flexibility index (Phi) is 6.22. The molecule has 0 bridgehead atoms. The number of halogens is 4. The SMILES string of the molecule is C[C@H]1C(=O)N(CCCC(=O)O)CCN1c1ccc(Cl)c(OC(F)(F)F)c1. The van der Waals surface area contributed by atoms with Crippen LogP contribution in [0.5, 0.6) is 5.75 Å². The van der Waals surface area contributed by atoms with E-state index in [2.05, 4.69) is 4.74 Å². The molecule has 1 aromatic rings. The van der Waals surface area contributed by atoms with Crippen LogP contribution >= 0.6 is 11.6 Å². The van der Waals surface area contributed by atoms with Crippen LogP contribution in [-0.2, 0) is 9.59 Å². The first kappa shape index (κ1) is 20.2. The van der Waals surface area contributed by atoms with Gasteiger partial charge in [0.2, 0.25) is 5.91 Å². The topological polar surface area (TPSA) is 70.1 Å². The molecule has 0 radical (unpaired) electrons. The van der Waals surface area contributed by atoms with Crippen LogP contribution in [0, 0.1) is 0 Å². The summed E-state index contributed by atoms with van der Waals surface area (Å²) in [7, 11) is 0. The summed E-state index contributed by atoms with van der Waals surface area (Å²) in [4.78, 5) is 26.3. The third-order valence-electron chi connectivity index (χ3n) is 4.04. The van der Waals surface area contributed by atoms with E-state index in [0.717, 1.165) is 6.07 Å². The largest absolute Gasteiger partial charge is 0.573 e. The van der Waals surface area contributed by atoms with E-state index in [1.54, 1.807) is 16.7 Å². The number of aliphatic carboxylic acids is 1. The Morgan fingerprint density at radius 1 is 1.38 bits per heavy atom. The number of rotatable bonds is 6. The molecule has 0 spiro atoms. The summed E-state index contributed by atoms with van der Waals surface area (Å²) in [6.45, 7) is 2.71. The second-order valence-corrected chi connectivity index (χ2v) is 6.26. The molecule has 1 fully saturated rings. The number of ether oxygens (including phenoxy) is 1. The van der Waals surface area contributed by atoms with Gasteiger partial charge < -0.3 is 19.6 Å². The van der Waals surface area contributed by atoms with Crippen molar-refractivity contribution in [3.05, 3.63) is 23.2 Å². The monoisotopic (exact) mass is 394 g/mol. The van der Waals surface area contributed by atoms with Crippen molar-refractivity contribution in [2.75, 3.05) is 24.5 Å². The molecular weight excluding hydrogens is 377 g/mol. The second kappa shape index (κ2) is 8.03. The van der Waals surface area contributed by atoms with Crippen molar-refractivity contribution in [2.45, 2.75) is 32.2 Å². The van der Waals surface area contributed by atoms with Gasteiger partial charge in [-0.05, 0) is 25.5 Å². The maximum atomic E-state index is 12.5. The molecule has 10 heteroatoms. The first-order valence-corrected chi connectivity index (χ1v) is 8.29. The Morgan fingerprint density at radius 3 is 2.69 bits per heavy atom. The molecule has 1 amide bonds. The van der Waals surface area contributed by atoms with E-state index >= 15 is 0 Å². The predicted octanol–water partition coefficient (Wildman–Crippen LogP) is 3.14. The molecule has 0 aliphatic carbocycles. The third kappa shape index (κ3) is 5.17. The summed E-state index contributed by atoms with van der Waals surface area (Å²) in [5.74, 6) is -1.67. The van der Waals surface area contributed by atoms with Gasteiger partial charge in [-0.25, -0.2) is 0 Å². The van der Waals surface area contributed by atoms with E-state index in [-0.39, 0.29) is 17.4 Å². The molecule has 2 rings (SSSR count). The van der Waals surface area contributed by atoms with E-state index in [1.807, 2.05) is 0 Å². The first-order chi connectivity index (χ1) is 12.1. The van der Waals surface area contributed by atoms with E-state index in [0.29, 0.717) is 31.7 Å². The van der Waals surface area contributed by atoms with Crippen molar-refractivity contribution in [3.63, 3.8) is 0 Å². The molecule has 6 nitrogen and oxygen atoms in total. The molecule has 0 saturated carbocycles. The minimum Gasteiger partial charge on any atom is -0.481 e. The predicted molar refractivity (Wildman–Crippen MR) is 88.4 cm³/mol. The van der Waals surface area contributed by atoms with Gasteiger partial charge in [0.05, 0.1) is 5.02 Å². The summed E-state index contributed by atoms with van der Waals surface area (Å²) in [5, 5.41) is 8.48. The lowest BCUT2D eigenvalue weighted by atomic mass is 10.1. The smallest absolute Gasteiger partial charge is 0.481 e. The zero-order valence-electron chi connectivity index (χ0n) is 13.9. The van der Waals surface area contributed by atoms with Crippen LogP contribution in [0.25, 0.3) is 0 Å². The lowest BCUT2D eigenvalue weighted by Gasteiger charge is -2.40. The fourth-order valence-electron chi connectivity index (χ4n) is 2.80. The first-order valence-electron chi connectivity index (χ1n) is 7.91. The van der Waals surface area contributed by atoms with Crippen LogP contribution in [0.3, 0.4) is 0 Å². The van der Waals surface area contributed by atoms with Crippen molar-refractivity contribution in [1.82, 2.24) is 4.90 Å². The Morgan fingerprint density at radius 2 is 2.08 bits per heavy atom. The second-order valence-electron chi connectivity index (χ2n) is 5.85. The molecule has 1 saturated heterocycles. The number of benzene rings is 1. The number of anilines is 1. The van der Waals surface area contributed by atoms with Crippen LogP contribution in [0.2, 0.25) is 5.02 Å². The van der Waals surface area contributed by atoms with Crippen molar-refractivity contribution in [2.24, 2.45) is 0 Å². The molecule has 144 valence electrons. The Balaban J connectivity index is 2.10. The zero-order valence-corrected chi connectivity index (χ0v) is 14.7. The third-order valence-corrected chi connectivity index (χ3v) is 4.35. The summed E-state index contributed by atoms with van der Waals surface area (Å²) in [6, 6.07) is 3.36. The van der Waals surface area contributed by atoms with Crippen LogP contribution in [-0.4, -0.2) is 53.9 Å². The Bertz CT molecular complexity index is 684. The summed E-state index contributed by atoms with van der Waals surface area (Å²) >= 11 is 5.75. The number of carboxylic acids is 1. The van der Waals surface area contributed by atoms with Gasteiger partial charge in [-0.15, -0.1) is 13.2 Å². The number of carboxylic acid groups (broad SMARTS) is 1. The van der Waals surface area contributed by atoms with Gasteiger partial charge in [-0.2, -0.15) is 0 Å². The van der Waals surface area contributed by atoms with Gasteiger partial charge in [0.1, 0.15) is 11.8 Å². The Labute approximate surface area is 153 Å². The quantitative estimate of drug-likeness (QED) is 0.802. The number of hydrogen-bond acceptors (Lipinski definition) is 4. The van der Waals surface area contributed by atoms with E-state index < -0.39 is 24.1 Å². The number of piperazine rings is 1. The standard InChI is InChI=1S/C16H18ClF3N2O4/c1-10-15(25)21(6-2-3-14(23)24)7-8-22(10)11-4-5-12(17)13(9-11)26-16(18,19)20/h4-5,9-10H,2-3,6-8H2,1H3,(H,23,24)/t10-/m0/s1. The molecule has 1 aliphatic heterocycles. The highest BCUT2D eigenvalue weighted by Gasteiger charge is 2.34. The molecular formula is C16H18ClF3N2O4. The molecule has 1 aliphatic rings. The maximum absolute atomic E-state index is 12.5. The van der Waals surface area contributed by atoms with Gasteiger partial charge in [0, 0.05) is 37.8 Å². The number of nitrogens with zero attached hydrogens (tertiary/aromatic N) is 2. The van der Waals surface area contributed by atoms with Crippen molar-refractivity contribution >= 4 is 29.2 Å². The average molecular weight is 395 g/mol. The molecule has 26 heavy (non-hydrogen) atoms. The van der Waals surface area contributed by atoms with Gasteiger partial charge in [-0.1, -0.05) is 11.6 Å². The van der Waals surface area contributed by atoms with Crippen molar-refractivity contribution in [3.8, 4) is 5.75 Å². The van der Waals surface area contributed by atoms with E-state index in [1.165, 1.54) is 12.1 Å². The molecule has 0 aromatic heterocycles. The minimum absolute atomic E-state index is 0.0306. The Hall–Kier alpha value is -2.16. The normalized spacial score (nSPS) is 18.2. The average Bonchev–Trinajstić information content (AvgIpc) is 2.52. The van der Waals surface area contributed by atoms with Crippen LogP contribution in [0.15, 0.2) is 18.2 Å². The van der Waals surface area contributed by atoms with E-state index in [9.17, 15) is 22.8 Å². The molecule has 1 heterocycles. The fraction of sp³-hybridized carbons (Fsp3) is 0.500. The van der Waals surface area contributed by atoms with Gasteiger partial charge in [-0.3, -0.25) is 9.59 Å². The number of carbonyl (C=O) groups is 2. The number of amides is 1. The number of alkyl halides is 3. The molecule has 1 aromatic carbocycles. The number of hydrogen-bond donors (Lipinski definition) is 1. The summed E-state index contributed by atoms with van der Waals surface area (Å²) in [6.07, 6.45) is -4.55. The fourth-order valence-corrected chi connectivity index (χ4v) is 2.96. The highest BCUT2D eigenvalue weighted by Crippen LogP contribution is 2.34. The summed E-state index contributed by atoms with van der Waals surface area (Å²) < 4.78 is 41.3. The van der Waals surface area contributed by atoms with Crippen molar-refractivity contribution in [1.29, 1.82) is 0 Å². The van der Waals surface area contributed by atoms with Crippen molar-refractivity contribution < 1.29 is 32.6 Å². The number of carbonyl (C=O) groups excluding carboxylic acids is 1. The summed E-state index contributed by atoms with van der Waals surface area (Å²) in [5.41, 5.74) is 0.389. The highest BCUT2D eigenvalue weighted by atomic mass is 35.5. The molecule has 0 unspecified atom stereocenters. The molecule has 1 atom stereocenters. The molecule has 1 N–H and O–H groups in total. The van der Waals surface area contributed by atoms with Crippen LogP contribution in [0.1, 0.15) is 19.8 Å². The van der Waals surface area contributed by atoms with Crippen LogP contribution < -0.4 is 9.64 Å². The maximum Gasteiger partial charge on any atom is 0.573 e. The van der Waals surface area contributed by atoms with Gasteiger partial charge >= 0.3 is 12.3 Å². The van der Waals surface area contributed by atoms with Gasteiger partial charge in [0.15, 0.2) is 0 Å². The highest BCUT2D eigenvalue weighted by molar-refractivity contribution is 6.32. The van der Waals surface area contributed by atoms with Gasteiger partial charge in [0.25, 0.3) is 0 Å². The zero-order chi connectivity index (χ0) is 19.5. The lowest BCUT2D eigenvalue weighted by Crippen LogP contribution is -2.56. The van der Waals surface area contributed by atoms with E-state index in [4.69, 9.17) is 16.7 Å². The van der Waals surface area contributed by atoms with Crippen LogP contribution in [0.4, 0.5) is 18.9 Å².